The third-order valence-electron chi connectivity index (χ3n) is 4.23. The van der Waals surface area contributed by atoms with E-state index >= 15 is 0 Å². The van der Waals surface area contributed by atoms with Crippen molar-refractivity contribution >= 4 is 11.9 Å². The molecule has 3 rings (SSSR count). The summed E-state index contributed by atoms with van der Waals surface area (Å²) in [6, 6.07) is 16.5. The second kappa shape index (κ2) is 7.81. The summed E-state index contributed by atoms with van der Waals surface area (Å²) < 4.78 is 5.83. The minimum Gasteiger partial charge on any atom is -0.550 e. The first-order valence-corrected chi connectivity index (χ1v) is 8.26. The van der Waals surface area contributed by atoms with Crippen molar-refractivity contribution < 1.29 is 24.3 Å². The van der Waals surface area contributed by atoms with Crippen molar-refractivity contribution in [3.63, 3.8) is 0 Å². The highest BCUT2D eigenvalue weighted by Crippen LogP contribution is 2.21. The smallest absolute Gasteiger partial charge is 0.278 e. The maximum atomic E-state index is 12.0. The third kappa shape index (κ3) is 4.58. The van der Waals surface area contributed by atoms with Gasteiger partial charge in [-0.2, -0.15) is 0 Å². The summed E-state index contributed by atoms with van der Waals surface area (Å²) in [6.45, 7) is 1.77. The lowest BCUT2D eigenvalue weighted by molar-refractivity contribution is -0.930. The van der Waals surface area contributed by atoms with Crippen LogP contribution in [0.1, 0.15) is 12.0 Å². The van der Waals surface area contributed by atoms with E-state index in [9.17, 15) is 14.7 Å². The van der Waals surface area contributed by atoms with E-state index in [1.807, 2.05) is 54.6 Å². The van der Waals surface area contributed by atoms with Gasteiger partial charge in [0.05, 0.1) is 13.1 Å². The predicted molar refractivity (Wildman–Crippen MR) is 88.9 cm³/mol. The largest absolute Gasteiger partial charge is 0.550 e. The van der Waals surface area contributed by atoms with E-state index in [1.165, 1.54) is 0 Å². The van der Waals surface area contributed by atoms with Crippen LogP contribution in [0, 0.1) is 0 Å². The number of carboxylic acid groups (broad SMARTS) is 1. The zero-order valence-corrected chi connectivity index (χ0v) is 13.7. The minimum atomic E-state index is -1.21. The van der Waals surface area contributed by atoms with Crippen LogP contribution in [0.4, 0.5) is 0 Å². The van der Waals surface area contributed by atoms with Crippen molar-refractivity contribution in [3.8, 4) is 11.5 Å². The lowest BCUT2D eigenvalue weighted by Crippen LogP contribution is -3.18. The van der Waals surface area contributed by atoms with Crippen molar-refractivity contribution in [2.24, 2.45) is 0 Å². The highest BCUT2D eigenvalue weighted by Gasteiger charge is 2.33. The standard InChI is InChI=1S/C19H20N2O4/c22-18(23)12-17-19(24)20-9-10-21(17)13-14-5-4-8-16(11-14)25-15-6-2-1-3-7-15/h1-8,11,17H,9-10,12-13H2,(H,20,24)(H,22,23)/t17-/m1/s1. The van der Waals surface area contributed by atoms with Gasteiger partial charge < -0.3 is 24.9 Å². The molecule has 2 atom stereocenters. The number of hydrogen-bond donors (Lipinski definition) is 2. The van der Waals surface area contributed by atoms with E-state index in [0.717, 1.165) is 16.2 Å². The average molecular weight is 340 g/mol. The number of carbonyl (C=O) groups excluding carboxylic acids is 2. The van der Waals surface area contributed by atoms with E-state index in [2.05, 4.69) is 5.32 Å². The van der Waals surface area contributed by atoms with Gasteiger partial charge in [-0.15, -0.1) is 0 Å². The molecule has 1 unspecified atom stereocenters. The summed E-state index contributed by atoms with van der Waals surface area (Å²) >= 11 is 0. The monoisotopic (exact) mass is 340 g/mol. The van der Waals surface area contributed by atoms with Crippen LogP contribution in [-0.4, -0.2) is 31.0 Å². The van der Waals surface area contributed by atoms with E-state index < -0.39 is 12.0 Å². The summed E-state index contributed by atoms with van der Waals surface area (Å²) in [5.41, 5.74) is 0.987. The molecule has 1 saturated heterocycles. The van der Waals surface area contributed by atoms with Crippen LogP contribution in [0.25, 0.3) is 0 Å². The van der Waals surface area contributed by atoms with Gasteiger partial charge in [0, 0.05) is 18.0 Å². The molecule has 0 spiro atoms. The Kier molecular flexibility index (Phi) is 5.30. The molecule has 6 nitrogen and oxygen atoms in total. The molecule has 0 aromatic heterocycles. The van der Waals surface area contributed by atoms with Crippen LogP contribution in [0.3, 0.4) is 0 Å². The van der Waals surface area contributed by atoms with Crippen molar-refractivity contribution in [2.75, 3.05) is 13.1 Å². The highest BCUT2D eigenvalue weighted by molar-refractivity contribution is 5.84. The number of carbonyl (C=O) groups is 2. The number of quaternary nitrogens is 1. The number of aliphatic carboxylic acids is 1. The quantitative estimate of drug-likeness (QED) is 0.743. The summed E-state index contributed by atoms with van der Waals surface area (Å²) in [6.07, 6.45) is -0.276. The minimum absolute atomic E-state index is 0.234. The SMILES string of the molecule is O=C([O-])C[C@@H]1C(=O)NCC[NH+]1Cc1cccc(Oc2ccccc2)c1. The lowest BCUT2D eigenvalue weighted by atomic mass is 10.1. The topological polar surface area (TPSA) is 82.9 Å². The Balaban J connectivity index is 1.72. The fraction of sp³-hybridized carbons (Fsp3) is 0.263. The van der Waals surface area contributed by atoms with E-state index in [1.54, 1.807) is 0 Å². The van der Waals surface area contributed by atoms with E-state index in [0.29, 0.717) is 25.4 Å². The number of para-hydroxylation sites is 1. The van der Waals surface area contributed by atoms with Crippen LogP contribution in [0.2, 0.25) is 0 Å². The van der Waals surface area contributed by atoms with Gasteiger partial charge in [-0.3, -0.25) is 4.79 Å². The predicted octanol–water partition coefficient (Wildman–Crippen LogP) is -0.498. The molecular weight excluding hydrogens is 320 g/mol. The molecule has 130 valence electrons. The summed E-state index contributed by atoms with van der Waals surface area (Å²) in [5, 5.41) is 13.7. The molecular formula is C19H20N2O4. The lowest BCUT2D eigenvalue weighted by Gasteiger charge is -2.32. The molecule has 1 fully saturated rings. The highest BCUT2D eigenvalue weighted by atomic mass is 16.5. The molecule has 1 aliphatic rings. The molecule has 0 aliphatic carbocycles. The van der Waals surface area contributed by atoms with Gasteiger partial charge in [-0.1, -0.05) is 30.3 Å². The van der Waals surface area contributed by atoms with Gasteiger partial charge in [0.15, 0.2) is 6.04 Å². The Bertz CT molecular complexity index is 748. The maximum Gasteiger partial charge on any atom is 0.278 e. The fourth-order valence-corrected chi connectivity index (χ4v) is 3.05. The van der Waals surface area contributed by atoms with Crippen LogP contribution in [0.5, 0.6) is 11.5 Å². The maximum absolute atomic E-state index is 12.0. The molecule has 2 N–H and O–H groups in total. The molecule has 0 saturated carbocycles. The molecule has 1 aliphatic heterocycles. The first-order valence-electron chi connectivity index (χ1n) is 8.26. The fourth-order valence-electron chi connectivity index (χ4n) is 3.05. The summed E-state index contributed by atoms with van der Waals surface area (Å²) in [7, 11) is 0. The number of nitrogens with one attached hydrogen (secondary N) is 2. The van der Waals surface area contributed by atoms with Gasteiger partial charge in [0.2, 0.25) is 0 Å². The zero-order chi connectivity index (χ0) is 17.6. The Morgan fingerprint density at radius 2 is 1.92 bits per heavy atom. The number of rotatable bonds is 6. The first kappa shape index (κ1) is 17.0. The number of carboxylic acids is 1. The van der Waals surface area contributed by atoms with Gasteiger partial charge in [-0.05, 0) is 24.3 Å². The number of ether oxygens (including phenoxy) is 1. The second-order valence-corrected chi connectivity index (χ2v) is 6.07. The van der Waals surface area contributed by atoms with Crippen molar-refractivity contribution in [2.45, 2.75) is 19.0 Å². The molecule has 1 heterocycles. The van der Waals surface area contributed by atoms with Crippen LogP contribution < -0.4 is 20.1 Å². The third-order valence-corrected chi connectivity index (χ3v) is 4.23. The average Bonchev–Trinajstić information content (AvgIpc) is 2.59. The van der Waals surface area contributed by atoms with Crippen molar-refractivity contribution in [1.29, 1.82) is 0 Å². The molecule has 0 bridgehead atoms. The molecule has 0 radical (unpaired) electrons. The Hall–Kier alpha value is -2.86. The van der Waals surface area contributed by atoms with Crippen molar-refractivity contribution in [3.05, 3.63) is 60.2 Å². The molecule has 2 aromatic rings. The Morgan fingerprint density at radius 3 is 2.68 bits per heavy atom. The second-order valence-electron chi connectivity index (χ2n) is 6.07. The number of benzene rings is 2. The van der Waals surface area contributed by atoms with Crippen molar-refractivity contribution in [1.82, 2.24) is 5.32 Å². The van der Waals surface area contributed by atoms with Gasteiger partial charge >= 0.3 is 0 Å². The molecule has 2 aromatic carbocycles. The number of piperazine rings is 1. The van der Waals surface area contributed by atoms with Crippen LogP contribution in [0.15, 0.2) is 54.6 Å². The molecule has 25 heavy (non-hydrogen) atoms. The van der Waals surface area contributed by atoms with Gasteiger partial charge in [0.25, 0.3) is 5.91 Å². The number of amides is 1. The van der Waals surface area contributed by atoms with E-state index in [-0.39, 0.29) is 12.3 Å². The first-order chi connectivity index (χ1) is 12.1. The normalized spacial score (nSPS) is 19.9. The molecule has 6 heteroatoms. The Morgan fingerprint density at radius 1 is 1.16 bits per heavy atom. The summed E-state index contributed by atoms with van der Waals surface area (Å²) in [4.78, 5) is 23.9. The van der Waals surface area contributed by atoms with E-state index in [4.69, 9.17) is 4.74 Å². The zero-order valence-electron chi connectivity index (χ0n) is 13.7. The molecule has 1 amide bonds. The van der Waals surface area contributed by atoms with Crippen LogP contribution in [-0.2, 0) is 16.1 Å². The number of hydrogen-bond acceptors (Lipinski definition) is 4. The van der Waals surface area contributed by atoms with Gasteiger partial charge in [-0.25, -0.2) is 0 Å². The van der Waals surface area contributed by atoms with Crippen LogP contribution >= 0.6 is 0 Å². The van der Waals surface area contributed by atoms with Gasteiger partial charge in [0.1, 0.15) is 18.0 Å². The summed E-state index contributed by atoms with van der Waals surface area (Å²) in [5.74, 6) is 0.0167. The Labute approximate surface area is 146 Å².